The highest BCUT2D eigenvalue weighted by atomic mass is 16.3. The van der Waals surface area contributed by atoms with E-state index >= 15 is 0 Å². The number of anilines is 6. The number of furan rings is 1. The van der Waals surface area contributed by atoms with Crippen LogP contribution in [0.4, 0.5) is 34.1 Å². The highest BCUT2D eigenvalue weighted by Crippen LogP contribution is 2.44. The Bertz CT molecular complexity index is 1720. The molecule has 0 N–H and O–H groups in total. The fraction of sp³-hybridized carbons (Fsp3) is 0.0526. The Morgan fingerprint density at radius 3 is 0.976 bits per heavy atom. The molecule has 0 unspecified atom stereocenters. The predicted octanol–water partition coefficient (Wildman–Crippen LogP) is 11.1. The first-order chi connectivity index (χ1) is 20.2. The summed E-state index contributed by atoms with van der Waals surface area (Å²) < 4.78 is 6.47. The third-order valence-corrected chi connectivity index (χ3v) is 7.65. The molecule has 0 saturated heterocycles. The van der Waals surface area contributed by atoms with Crippen LogP contribution in [-0.2, 0) is 0 Å². The summed E-state index contributed by atoms with van der Waals surface area (Å²) in [7, 11) is 0. The molecule has 0 bridgehead atoms. The van der Waals surface area contributed by atoms with Crippen LogP contribution in [0.5, 0.6) is 0 Å². The maximum absolute atomic E-state index is 6.47. The Hall–Kier alpha value is -5.28. The molecule has 0 amide bonds. The quantitative estimate of drug-likeness (QED) is 0.213. The van der Waals surface area contributed by atoms with Crippen molar-refractivity contribution in [1.29, 1.82) is 0 Å². The number of hydrogen-bond acceptors (Lipinski definition) is 3. The van der Waals surface area contributed by atoms with E-state index in [0.29, 0.717) is 0 Å². The number of fused-ring (bicyclic) bond motifs is 3. The zero-order valence-electron chi connectivity index (χ0n) is 23.2. The number of rotatable bonds is 6. The summed E-state index contributed by atoms with van der Waals surface area (Å²) in [6.45, 7) is 4.31. The summed E-state index contributed by atoms with van der Waals surface area (Å²) in [6.07, 6.45) is 0. The summed E-state index contributed by atoms with van der Waals surface area (Å²) in [6, 6.07) is 51.1. The van der Waals surface area contributed by atoms with Crippen LogP contribution in [0.15, 0.2) is 150 Å². The standard InChI is InChI=1S/C38H30N2O/c1-27-23-37-33(25-35(27)39(29-15-7-3-8-16-29)30-17-9-4-10-18-30)34-26-36(28(2)24-38(34)41-37)40(31-19-11-5-12-20-31)32-21-13-6-14-22-32/h3-26H,1-2H3. The van der Waals surface area contributed by atoms with Crippen LogP contribution in [0.2, 0.25) is 0 Å². The minimum atomic E-state index is 0.893. The molecule has 41 heavy (non-hydrogen) atoms. The molecular formula is C38H30N2O. The molecule has 0 saturated carbocycles. The fourth-order valence-corrected chi connectivity index (χ4v) is 5.69. The van der Waals surface area contributed by atoms with E-state index in [4.69, 9.17) is 4.42 Å². The van der Waals surface area contributed by atoms with E-state index < -0.39 is 0 Å². The molecule has 3 heteroatoms. The molecule has 0 aliphatic carbocycles. The van der Waals surface area contributed by atoms with Gasteiger partial charge in [-0.2, -0.15) is 0 Å². The average Bonchev–Trinajstić information content (AvgIpc) is 3.35. The molecule has 0 atom stereocenters. The van der Waals surface area contributed by atoms with Crippen LogP contribution >= 0.6 is 0 Å². The van der Waals surface area contributed by atoms with E-state index in [1.54, 1.807) is 0 Å². The maximum Gasteiger partial charge on any atom is 0.135 e. The van der Waals surface area contributed by atoms with Crippen molar-refractivity contribution in [3.05, 3.63) is 157 Å². The number of hydrogen-bond donors (Lipinski definition) is 0. The first-order valence-corrected chi connectivity index (χ1v) is 14.0. The molecule has 1 aromatic heterocycles. The molecule has 7 rings (SSSR count). The van der Waals surface area contributed by atoms with Gasteiger partial charge in [-0.15, -0.1) is 0 Å². The number of aryl methyl sites for hydroxylation is 2. The van der Waals surface area contributed by atoms with Gasteiger partial charge in [-0.25, -0.2) is 0 Å². The first-order valence-electron chi connectivity index (χ1n) is 14.0. The monoisotopic (exact) mass is 530 g/mol. The van der Waals surface area contributed by atoms with E-state index in [2.05, 4.69) is 169 Å². The molecule has 198 valence electrons. The molecule has 1 heterocycles. The van der Waals surface area contributed by atoms with Gasteiger partial charge in [0.1, 0.15) is 11.2 Å². The largest absolute Gasteiger partial charge is 0.456 e. The Morgan fingerprint density at radius 2 is 0.683 bits per heavy atom. The Kier molecular flexibility index (Phi) is 6.25. The van der Waals surface area contributed by atoms with Crippen molar-refractivity contribution in [2.45, 2.75) is 13.8 Å². The lowest BCUT2D eigenvalue weighted by Crippen LogP contribution is -2.11. The highest BCUT2D eigenvalue weighted by Gasteiger charge is 2.20. The molecule has 6 aromatic carbocycles. The molecule has 0 aliphatic heterocycles. The van der Waals surface area contributed by atoms with Gasteiger partial charge < -0.3 is 14.2 Å². The van der Waals surface area contributed by atoms with Gasteiger partial charge in [0.15, 0.2) is 0 Å². The van der Waals surface area contributed by atoms with Crippen molar-refractivity contribution in [3.8, 4) is 0 Å². The van der Waals surface area contributed by atoms with E-state index in [1.807, 2.05) is 0 Å². The van der Waals surface area contributed by atoms with Crippen LogP contribution in [-0.4, -0.2) is 0 Å². The SMILES string of the molecule is Cc1cc2oc3cc(C)c(N(c4ccccc4)c4ccccc4)cc3c2cc1N(c1ccccc1)c1ccccc1. The van der Waals surface area contributed by atoms with Crippen molar-refractivity contribution in [3.63, 3.8) is 0 Å². The first kappa shape index (κ1) is 24.7. The van der Waals surface area contributed by atoms with Crippen LogP contribution in [0.1, 0.15) is 11.1 Å². The van der Waals surface area contributed by atoms with Crippen molar-refractivity contribution in [2.75, 3.05) is 9.80 Å². The molecule has 0 radical (unpaired) electrons. The second kappa shape index (κ2) is 10.4. The van der Waals surface area contributed by atoms with Crippen LogP contribution in [0.25, 0.3) is 21.9 Å². The van der Waals surface area contributed by atoms with Gasteiger partial charge in [-0.3, -0.25) is 0 Å². The smallest absolute Gasteiger partial charge is 0.135 e. The topological polar surface area (TPSA) is 19.6 Å². The lowest BCUT2D eigenvalue weighted by molar-refractivity contribution is 0.668. The van der Waals surface area contributed by atoms with Crippen LogP contribution < -0.4 is 9.80 Å². The molecule has 0 spiro atoms. The number of para-hydroxylation sites is 4. The third kappa shape index (κ3) is 4.52. The summed E-state index contributed by atoms with van der Waals surface area (Å²) in [5.41, 5.74) is 10.8. The van der Waals surface area contributed by atoms with Gasteiger partial charge in [-0.1, -0.05) is 72.8 Å². The summed E-state index contributed by atoms with van der Waals surface area (Å²) in [5.74, 6) is 0. The van der Waals surface area contributed by atoms with Crippen LogP contribution in [0, 0.1) is 13.8 Å². The second-order valence-electron chi connectivity index (χ2n) is 10.4. The third-order valence-electron chi connectivity index (χ3n) is 7.65. The van der Waals surface area contributed by atoms with E-state index in [9.17, 15) is 0 Å². The van der Waals surface area contributed by atoms with Crippen molar-refractivity contribution >= 4 is 56.1 Å². The Labute approximate surface area is 240 Å². The minimum absolute atomic E-state index is 0.893. The Morgan fingerprint density at radius 1 is 0.390 bits per heavy atom. The summed E-state index contributed by atoms with van der Waals surface area (Å²) in [5, 5.41) is 2.19. The van der Waals surface area contributed by atoms with Crippen molar-refractivity contribution in [2.24, 2.45) is 0 Å². The van der Waals surface area contributed by atoms with Gasteiger partial charge in [0, 0.05) is 44.9 Å². The van der Waals surface area contributed by atoms with E-state index in [1.165, 1.54) is 0 Å². The van der Waals surface area contributed by atoms with E-state index in [0.717, 1.165) is 67.2 Å². The lowest BCUT2D eigenvalue weighted by atomic mass is 10.0. The van der Waals surface area contributed by atoms with Crippen LogP contribution in [0.3, 0.4) is 0 Å². The normalized spacial score (nSPS) is 11.2. The lowest BCUT2D eigenvalue weighted by Gasteiger charge is -2.27. The van der Waals surface area contributed by atoms with Gasteiger partial charge in [0.05, 0.1) is 0 Å². The van der Waals surface area contributed by atoms with Gasteiger partial charge >= 0.3 is 0 Å². The second-order valence-corrected chi connectivity index (χ2v) is 10.4. The molecule has 0 aliphatic rings. The maximum atomic E-state index is 6.47. The predicted molar refractivity (Wildman–Crippen MR) is 173 cm³/mol. The zero-order valence-corrected chi connectivity index (χ0v) is 23.2. The van der Waals surface area contributed by atoms with E-state index in [-0.39, 0.29) is 0 Å². The molecule has 0 fully saturated rings. The van der Waals surface area contributed by atoms with Gasteiger partial charge in [-0.05, 0) is 97.8 Å². The molecular weight excluding hydrogens is 500 g/mol. The number of benzene rings is 6. The van der Waals surface area contributed by atoms with Crippen molar-refractivity contribution in [1.82, 2.24) is 0 Å². The summed E-state index contributed by atoms with van der Waals surface area (Å²) >= 11 is 0. The minimum Gasteiger partial charge on any atom is -0.456 e. The Balaban J connectivity index is 1.46. The van der Waals surface area contributed by atoms with Crippen molar-refractivity contribution < 1.29 is 4.42 Å². The molecule has 7 aromatic rings. The average molecular weight is 531 g/mol. The zero-order chi connectivity index (χ0) is 27.8. The highest BCUT2D eigenvalue weighted by molar-refractivity contribution is 6.09. The molecule has 3 nitrogen and oxygen atoms in total. The summed E-state index contributed by atoms with van der Waals surface area (Å²) in [4.78, 5) is 4.64. The van der Waals surface area contributed by atoms with Gasteiger partial charge in [0.25, 0.3) is 0 Å². The number of nitrogens with zero attached hydrogens (tertiary/aromatic N) is 2. The van der Waals surface area contributed by atoms with Gasteiger partial charge in [0.2, 0.25) is 0 Å². The fourth-order valence-electron chi connectivity index (χ4n) is 5.69.